The molecule has 0 unspecified atom stereocenters. The van der Waals surface area contributed by atoms with Gasteiger partial charge in [0, 0.05) is 46.0 Å². The molecule has 0 saturated carbocycles. The van der Waals surface area contributed by atoms with Crippen molar-refractivity contribution in [1.82, 2.24) is 19.7 Å². The fraction of sp³-hybridized carbons (Fsp3) is 0.450. The lowest BCUT2D eigenvalue weighted by molar-refractivity contribution is 0.0765. The number of carbonyl (C=O) groups is 1. The van der Waals surface area contributed by atoms with Crippen molar-refractivity contribution in [3.05, 3.63) is 36.2 Å². The zero-order chi connectivity index (χ0) is 19.7. The van der Waals surface area contributed by atoms with Crippen LogP contribution in [0.1, 0.15) is 23.2 Å². The SMILES string of the molecule is COc1ccc2sc(N3CCC(CN(C)C(=O)c4cnn(C)c4)CC3)nc2c1. The fourth-order valence-electron chi connectivity index (χ4n) is 3.69. The van der Waals surface area contributed by atoms with E-state index in [0.717, 1.165) is 48.9 Å². The first kappa shape index (κ1) is 18.7. The molecule has 0 aliphatic carbocycles. The molecule has 0 bridgehead atoms. The summed E-state index contributed by atoms with van der Waals surface area (Å²) in [6.07, 6.45) is 5.51. The quantitative estimate of drug-likeness (QED) is 0.660. The van der Waals surface area contributed by atoms with Gasteiger partial charge in [-0.15, -0.1) is 0 Å². The first-order valence-corrected chi connectivity index (χ1v) is 10.3. The maximum atomic E-state index is 12.5. The average molecular weight is 400 g/mol. The summed E-state index contributed by atoms with van der Waals surface area (Å²) in [6, 6.07) is 6.04. The van der Waals surface area contributed by atoms with Crippen LogP contribution >= 0.6 is 11.3 Å². The first-order chi connectivity index (χ1) is 13.5. The molecule has 3 heterocycles. The minimum atomic E-state index is 0.0376. The number of thiazole rings is 1. The van der Waals surface area contributed by atoms with Gasteiger partial charge in [0.25, 0.3) is 5.91 Å². The molecule has 3 aromatic rings. The van der Waals surface area contributed by atoms with Crippen LogP contribution in [0.4, 0.5) is 5.13 Å². The largest absolute Gasteiger partial charge is 0.497 e. The molecule has 1 aromatic carbocycles. The van der Waals surface area contributed by atoms with E-state index >= 15 is 0 Å². The molecular formula is C20H25N5O2S. The van der Waals surface area contributed by atoms with Crippen molar-refractivity contribution in [1.29, 1.82) is 0 Å². The Labute approximate surface area is 168 Å². The predicted octanol–water partition coefficient (Wildman–Crippen LogP) is 3.03. The number of aromatic nitrogens is 3. The summed E-state index contributed by atoms with van der Waals surface area (Å²) in [6.45, 7) is 2.71. The Morgan fingerprint density at radius 3 is 2.82 bits per heavy atom. The third-order valence-electron chi connectivity index (χ3n) is 5.30. The highest BCUT2D eigenvalue weighted by Gasteiger charge is 2.24. The lowest BCUT2D eigenvalue weighted by atomic mass is 9.96. The van der Waals surface area contributed by atoms with Crippen LogP contribution in [0, 0.1) is 5.92 Å². The van der Waals surface area contributed by atoms with Gasteiger partial charge < -0.3 is 14.5 Å². The van der Waals surface area contributed by atoms with E-state index in [1.165, 1.54) is 4.70 Å². The maximum Gasteiger partial charge on any atom is 0.256 e. The first-order valence-electron chi connectivity index (χ1n) is 9.47. The van der Waals surface area contributed by atoms with Gasteiger partial charge >= 0.3 is 0 Å². The fourth-order valence-corrected chi connectivity index (χ4v) is 4.68. The van der Waals surface area contributed by atoms with E-state index < -0.39 is 0 Å². The Morgan fingerprint density at radius 2 is 2.14 bits per heavy atom. The Hall–Kier alpha value is -2.61. The van der Waals surface area contributed by atoms with Crippen molar-refractivity contribution in [3.63, 3.8) is 0 Å². The Balaban J connectivity index is 1.35. The lowest BCUT2D eigenvalue weighted by Gasteiger charge is -2.33. The van der Waals surface area contributed by atoms with Gasteiger partial charge in [0.05, 0.1) is 29.1 Å². The maximum absolute atomic E-state index is 12.5. The highest BCUT2D eigenvalue weighted by atomic mass is 32.1. The van der Waals surface area contributed by atoms with Gasteiger partial charge in [-0.25, -0.2) is 4.98 Å². The second kappa shape index (κ2) is 7.79. The molecule has 28 heavy (non-hydrogen) atoms. The van der Waals surface area contributed by atoms with Crippen LogP contribution in [-0.2, 0) is 7.05 Å². The van der Waals surface area contributed by atoms with Crippen LogP contribution in [0.2, 0.25) is 0 Å². The molecular weight excluding hydrogens is 374 g/mol. The molecule has 148 valence electrons. The van der Waals surface area contributed by atoms with E-state index in [1.807, 2.05) is 31.1 Å². The highest BCUT2D eigenvalue weighted by molar-refractivity contribution is 7.22. The number of piperidine rings is 1. The van der Waals surface area contributed by atoms with Crippen LogP contribution in [0.5, 0.6) is 5.75 Å². The molecule has 1 fully saturated rings. The van der Waals surface area contributed by atoms with Gasteiger partial charge in [-0.3, -0.25) is 9.48 Å². The Bertz CT molecular complexity index is 974. The van der Waals surface area contributed by atoms with E-state index in [9.17, 15) is 4.79 Å². The van der Waals surface area contributed by atoms with Gasteiger partial charge in [-0.1, -0.05) is 11.3 Å². The standard InChI is InChI=1S/C20H25N5O2S/c1-23(19(26)15-11-21-24(2)13-15)12-14-6-8-25(9-7-14)20-22-17-10-16(27-3)4-5-18(17)28-20/h4-5,10-11,13-14H,6-9,12H2,1-3H3. The lowest BCUT2D eigenvalue weighted by Crippen LogP contribution is -2.39. The molecule has 2 aromatic heterocycles. The molecule has 1 saturated heterocycles. The number of hydrogen-bond acceptors (Lipinski definition) is 6. The number of benzene rings is 1. The van der Waals surface area contributed by atoms with E-state index in [1.54, 1.807) is 35.5 Å². The number of hydrogen-bond donors (Lipinski definition) is 0. The Kier molecular flexibility index (Phi) is 5.21. The van der Waals surface area contributed by atoms with Gasteiger partial charge in [0.1, 0.15) is 5.75 Å². The van der Waals surface area contributed by atoms with Crippen molar-refractivity contribution in [2.75, 3.05) is 38.7 Å². The van der Waals surface area contributed by atoms with E-state index in [-0.39, 0.29) is 5.91 Å². The number of anilines is 1. The zero-order valence-electron chi connectivity index (χ0n) is 16.5. The summed E-state index contributed by atoms with van der Waals surface area (Å²) in [5, 5.41) is 5.16. The minimum absolute atomic E-state index is 0.0376. The summed E-state index contributed by atoms with van der Waals surface area (Å²) in [5.74, 6) is 1.39. The minimum Gasteiger partial charge on any atom is -0.497 e. The van der Waals surface area contributed by atoms with Crippen molar-refractivity contribution >= 4 is 32.6 Å². The Morgan fingerprint density at radius 1 is 1.36 bits per heavy atom. The topological polar surface area (TPSA) is 63.5 Å². The molecule has 4 rings (SSSR count). The van der Waals surface area contributed by atoms with Gasteiger partial charge in [-0.05, 0) is 30.9 Å². The van der Waals surface area contributed by atoms with Crippen molar-refractivity contribution in [3.8, 4) is 5.75 Å². The number of amides is 1. The van der Waals surface area contributed by atoms with E-state index in [2.05, 4.69) is 16.1 Å². The number of aryl methyl sites for hydroxylation is 1. The third kappa shape index (κ3) is 3.82. The summed E-state index contributed by atoms with van der Waals surface area (Å²) in [7, 11) is 5.38. The average Bonchev–Trinajstić information content (AvgIpc) is 3.33. The smallest absolute Gasteiger partial charge is 0.256 e. The van der Waals surface area contributed by atoms with Gasteiger partial charge in [0.2, 0.25) is 0 Å². The molecule has 0 radical (unpaired) electrons. The number of ether oxygens (including phenoxy) is 1. The monoisotopic (exact) mass is 399 g/mol. The molecule has 1 amide bonds. The molecule has 0 N–H and O–H groups in total. The highest BCUT2D eigenvalue weighted by Crippen LogP contribution is 2.33. The number of nitrogens with zero attached hydrogens (tertiary/aromatic N) is 5. The van der Waals surface area contributed by atoms with Crippen molar-refractivity contribution in [2.45, 2.75) is 12.8 Å². The second-order valence-electron chi connectivity index (χ2n) is 7.35. The number of fused-ring (bicyclic) bond motifs is 1. The van der Waals surface area contributed by atoms with E-state index in [0.29, 0.717) is 11.5 Å². The van der Waals surface area contributed by atoms with Crippen molar-refractivity contribution < 1.29 is 9.53 Å². The van der Waals surface area contributed by atoms with E-state index in [4.69, 9.17) is 9.72 Å². The molecule has 8 heteroatoms. The van der Waals surface area contributed by atoms with Crippen molar-refractivity contribution in [2.24, 2.45) is 13.0 Å². The zero-order valence-corrected chi connectivity index (χ0v) is 17.3. The van der Waals surface area contributed by atoms with Crippen LogP contribution in [0.15, 0.2) is 30.6 Å². The second-order valence-corrected chi connectivity index (χ2v) is 8.36. The summed E-state index contributed by atoms with van der Waals surface area (Å²) >= 11 is 1.73. The molecule has 0 atom stereocenters. The number of carbonyl (C=O) groups excluding carboxylic acids is 1. The summed E-state index contributed by atoms with van der Waals surface area (Å²) in [4.78, 5) is 21.5. The van der Waals surface area contributed by atoms with Crippen LogP contribution in [0.25, 0.3) is 10.2 Å². The molecule has 7 nitrogen and oxygen atoms in total. The molecule has 0 spiro atoms. The third-order valence-corrected chi connectivity index (χ3v) is 6.40. The van der Waals surface area contributed by atoms with Gasteiger partial charge in [0.15, 0.2) is 5.13 Å². The summed E-state index contributed by atoms with van der Waals surface area (Å²) in [5.41, 5.74) is 1.63. The molecule has 1 aliphatic heterocycles. The van der Waals surface area contributed by atoms with Crippen LogP contribution in [0.3, 0.4) is 0 Å². The van der Waals surface area contributed by atoms with Crippen LogP contribution < -0.4 is 9.64 Å². The summed E-state index contributed by atoms with van der Waals surface area (Å²) < 4.78 is 8.13. The van der Waals surface area contributed by atoms with Crippen LogP contribution in [-0.4, -0.2) is 59.4 Å². The number of rotatable bonds is 5. The predicted molar refractivity (Wildman–Crippen MR) is 111 cm³/mol. The number of methoxy groups -OCH3 is 1. The normalized spacial score (nSPS) is 15.2. The van der Waals surface area contributed by atoms with Gasteiger partial charge in [-0.2, -0.15) is 5.10 Å². The molecule has 1 aliphatic rings.